The maximum absolute atomic E-state index is 8.06. The Hall–Kier alpha value is -0.120. The number of aliphatic hydroxyl groups excluding tert-OH is 1. The summed E-state index contributed by atoms with van der Waals surface area (Å²) in [7, 11) is 0. The minimum Gasteiger partial charge on any atom is -0.394 e. The molecular formula is C22H46N2O. The fourth-order valence-electron chi connectivity index (χ4n) is 4.30. The van der Waals surface area contributed by atoms with E-state index in [1.54, 1.807) is 13.8 Å². The third kappa shape index (κ3) is 9.40. The van der Waals surface area contributed by atoms with E-state index in [-0.39, 0.29) is 6.10 Å². The van der Waals surface area contributed by atoms with Crippen LogP contribution in [0.5, 0.6) is 0 Å². The fraction of sp³-hybridized carbons (Fsp3) is 1.00. The van der Waals surface area contributed by atoms with E-state index < -0.39 is 0 Å². The predicted octanol–water partition coefficient (Wildman–Crippen LogP) is 4.93. The Balaban J connectivity index is 0.000000705. The Morgan fingerprint density at radius 3 is 1.92 bits per heavy atom. The zero-order valence-corrected chi connectivity index (χ0v) is 18.1. The van der Waals surface area contributed by atoms with Crippen molar-refractivity contribution in [3.63, 3.8) is 0 Å². The van der Waals surface area contributed by atoms with Gasteiger partial charge in [0.15, 0.2) is 0 Å². The Bertz CT molecular complexity index is 324. The standard InChI is InChI=1S/C19H38N2.C3H8O/c1-17(2)20-13-15-21(16-14-20)19(3,4)12-8-11-18-9-6-5-7-10-18;1-3(2)4/h17-18H,5-16H2,1-4H3;3-4H,1-2H3. The zero-order chi connectivity index (χ0) is 18.9. The predicted molar refractivity (Wildman–Crippen MR) is 110 cm³/mol. The third-order valence-corrected chi connectivity index (χ3v) is 6.03. The van der Waals surface area contributed by atoms with Crippen LogP contribution in [0.25, 0.3) is 0 Å². The molecule has 3 nitrogen and oxygen atoms in total. The van der Waals surface area contributed by atoms with Gasteiger partial charge in [0, 0.05) is 43.9 Å². The summed E-state index contributed by atoms with van der Waals surface area (Å²) in [5.41, 5.74) is 0.401. The lowest BCUT2D eigenvalue weighted by molar-refractivity contribution is 0.0338. The van der Waals surface area contributed by atoms with E-state index in [4.69, 9.17) is 5.11 Å². The Kier molecular flexibility index (Phi) is 10.6. The molecule has 1 saturated carbocycles. The largest absolute Gasteiger partial charge is 0.394 e. The topological polar surface area (TPSA) is 26.7 Å². The first-order chi connectivity index (χ1) is 11.7. The van der Waals surface area contributed by atoms with E-state index in [0.29, 0.717) is 11.6 Å². The minimum absolute atomic E-state index is 0.167. The molecule has 0 aromatic heterocycles. The highest BCUT2D eigenvalue weighted by atomic mass is 16.3. The molecule has 0 radical (unpaired) electrons. The third-order valence-electron chi connectivity index (χ3n) is 6.03. The van der Waals surface area contributed by atoms with E-state index in [2.05, 4.69) is 37.5 Å². The van der Waals surface area contributed by atoms with Crippen molar-refractivity contribution in [1.29, 1.82) is 0 Å². The van der Waals surface area contributed by atoms with Crippen molar-refractivity contribution in [1.82, 2.24) is 9.80 Å². The highest BCUT2D eigenvalue weighted by molar-refractivity contribution is 4.86. The van der Waals surface area contributed by atoms with Crippen molar-refractivity contribution < 1.29 is 5.11 Å². The number of hydrogen-bond acceptors (Lipinski definition) is 3. The number of hydrogen-bond donors (Lipinski definition) is 1. The molecule has 0 amide bonds. The van der Waals surface area contributed by atoms with Gasteiger partial charge in [-0.15, -0.1) is 0 Å². The zero-order valence-electron chi connectivity index (χ0n) is 18.1. The highest BCUT2D eigenvalue weighted by Gasteiger charge is 2.30. The molecule has 2 aliphatic rings. The summed E-state index contributed by atoms with van der Waals surface area (Å²) in [5.74, 6) is 1.05. The molecule has 2 fully saturated rings. The van der Waals surface area contributed by atoms with Crippen LogP contribution >= 0.6 is 0 Å². The van der Waals surface area contributed by atoms with Crippen LogP contribution in [0, 0.1) is 5.92 Å². The summed E-state index contributed by atoms with van der Waals surface area (Å²) in [6.07, 6.45) is 11.6. The Morgan fingerprint density at radius 1 is 0.920 bits per heavy atom. The first-order valence-electron chi connectivity index (χ1n) is 10.9. The molecular weight excluding hydrogens is 308 g/mol. The number of aliphatic hydroxyl groups is 1. The van der Waals surface area contributed by atoms with E-state index in [1.807, 2.05) is 0 Å². The molecule has 1 heterocycles. The lowest BCUT2D eigenvalue weighted by Gasteiger charge is -2.45. The molecule has 0 unspecified atom stereocenters. The molecule has 150 valence electrons. The summed E-state index contributed by atoms with van der Waals surface area (Å²) >= 11 is 0. The van der Waals surface area contributed by atoms with Crippen LogP contribution in [0.3, 0.4) is 0 Å². The minimum atomic E-state index is -0.167. The normalized spacial score (nSPS) is 21.5. The molecule has 1 aliphatic heterocycles. The van der Waals surface area contributed by atoms with E-state index in [1.165, 1.54) is 77.5 Å². The van der Waals surface area contributed by atoms with Gasteiger partial charge in [0.05, 0.1) is 0 Å². The maximum atomic E-state index is 8.06. The molecule has 0 atom stereocenters. The molecule has 0 spiro atoms. The van der Waals surface area contributed by atoms with Crippen molar-refractivity contribution in [3.05, 3.63) is 0 Å². The lowest BCUT2D eigenvalue weighted by atomic mass is 9.84. The summed E-state index contributed by atoms with van der Waals surface area (Å²) in [5, 5.41) is 8.06. The fourth-order valence-corrected chi connectivity index (χ4v) is 4.30. The molecule has 25 heavy (non-hydrogen) atoms. The van der Waals surface area contributed by atoms with Gasteiger partial charge in [-0.25, -0.2) is 0 Å². The average molecular weight is 355 g/mol. The quantitative estimate of drug-likeness (QED) is 0.733. The molecule has 1 N–H and O–H groups in total. The van der Waals surface area contributed by atoms with E-state index in [0.717, 1.165) is 5.92 Å². The molecule has 3 heteroatoms. The summed E-state index contributed by atoms with van der Waals surface area (Å²) in [6.45, 7) is 18.1. The summed E-state index contributed by atoms with van der Waals surface area (Å²) < 4.78 is 0. The number of rotatable bonds is 6. The number of nitrogens with zero attached hydrogens (tertiary/aromatic N) is 2. The summed E-state index contributed by atoms with van der Waals surface area (Å²) in [6, 6.07) is 0.710. The smallest absolute Gasteiger partial charge is 0.0483 e. The van der Waals surface area contributed by atoms with Crippen LogP contribution in [-0.2, 0) is 0 Å². The van der Waals surface area contributed by atoms with Crippen molar-refractivity contribution >= 4 is 0 Å². The van der Waals surface area contributed by atoms with Crippen molar-refractivity contribution in [2.24, 2.45) is 5.92 Å². The second kappa shape index (κ2) is 11.6. The van der Waals surface area contributed by atoms with Crippen molar-refractivity contribution in [2.75, 3.05) is 26.2 Å². The highest BCUT2D eigenvalue weighted by Crippen LogP contribution is 2.30. The molecule has 0 bridgehead atoms. The molecule has 0 aromatic carbocycles. The Morgan fingerprint density at radius 2 is 1.44 bits per heavy atom. The van der Waals surface area contributed by atoms with E-state index >= 15 is 0 Å². The second-order valence-electron chi connectivity index (χ2n) is 9.42. The van der Waals surface area contributed by atoms with Crippen LogP contribution in [0.1, 0.15) is 92.9 Å². The van der Waals surface area contributed by atoms with Gasteiger partial charge in [-0.3, -0.25) is 9.80 Å². The van der Waals surface area contributed by atoms with E-state index in [9.17, 15) is 0 Å². The number of piperazine rings is 1. The van der Waals surface area contributed by atoms with Gasteiger partial charge in [-0.05, 0) is 53.9 Å². The van der Waals surface area contributed by atoms with Gasteiger partial charge >= 0.3 is 0 Å². The molecule has 1 aliphatic carbocycles. The van der Waals surface area contributed by atoms with Gasteiger partial charge in [-0.1, -0.05) is 44.9 Å². The first-order valence-corrected chi connectivity index (χ1v) is 10.9. The molecule has 1 saturated heterocycles. The SMILES string of the molecule is CC(C)N1CCN(C(C)(C)CCCC2CCCCC2)CC1.CC(C)O. The summed E-state index contributed by atoms with van der Waals surface area (Å²) in [4.78, 5) is 5.36. The maximum Gasteiger partial charge on any atom is 0.0483 e. The van der Waals surface area contributed by atoms with Gasteiger partial charge in [0.2, 0.25) is 0 Å². The average Bonchev–Trinajstić information content (AvgIpc) is 2.55. The van der Waals surface area contributed by atoms with Gasteiger partial charge in [0.1, 0.15) is 0 Å². The van der Waals surface area contributed by atoms with Gasteiger partial charge < -0.3 is 5.11 Å². The van der Waals surface area contributed by atoms with Crippen LogP contribution in [0.4, 0.5) is 0 Å². The monoisotopic (exact) mass is 354 g/mol. The second-order valence-corrected chi connectivity index (χ2v) is 9.42. The van der Waals surface area contributed by atoms with Crippen molar-refractivity contribution in [3.8, 4) is 0 Å². The molecule has 0 aromatic rings. The van der Waals surface area contributed by atoms with Crippen LogP contribution in [-0.4, -0.2) is 58.8 Å². The van der Waals surface area contributed by atoms with Gasteiger partial charge in [-0.2, -0.15) is 0 Å². The Labute approximate surface area is 158 Å². The van der Waals surface area contributed by atoms with Crippen LogP contribution in [0.15, 0.2) is 0 Å². The van der Waals surface area contributed by atoms with Crippen molar-refractivity contribution in [2.45, 2.75) is 111 Å². The lowest BCUT2D eigenvalue weighted by Crippen LogP contribution is -2.55. The van der Waals surface area contributed by atoms with Crippen LogP contribution in [0.2, 0.25) is 0 Å². The van der Waals surface area contributed by atoms with Gasteiger partial charge in [0.25, 0.3) is 0 Å². The first kappa shape index (κ1) is 22.9. The van der Waals surface area contributed by atoms with Crippen LogP contribution < -0.4 is 0 Å². The molecule has 2 rings (SSSR count).